The molecule has 28 heavy (non-hydrogen) atoms. The molecule has 146 valence electrons. The molecule has 0 saturated heterocycles. The zero-order valence-electron chi connectivity index (χ0n) is 15.3. The first-order valence-electron chi connectivity index (χ1n) is 8.64. The van der Waals surface area contributed by atoms with E-state index in [1.54, 1.807) is 12.1 Å². The van der Waals surface area contributed by atoms with Crippen molar-refractivity contribution in [1.29, 1.82) is 0 Å². The third-order valence-corrected chi connectivity index (χ3v) is 4.20. The first-order chi connectivity index (χ1) is 13.5. The molecular formula is C19H20FN5O3. The van der Waals surface area contributed by atoms with Crippen LogP contribution in [0.4, 0.5) is 4.39 Å². The highest BCUT2D eigenvalue weighted by atomic mass is 19.1. The van der Waals surface area contributed by atoms with Gasteiger partial charge in [-0.15, -0.1) is 10.2 Å². The highest BCUT2D eigenvalue weighted by Crippen LogP contribution is 2.10. The number of aromatic carboxylic acids is 1. The van der Waals surface area contributed by atoms with E-state index in [1.807, 2.05) is 11.5 Å². The highest BCUT2D eigenvalue weighted by molar-refractivity contribution is 5.87. The Hall–Kier alpha value is -3.17. The van der Waals surface area contributed by atoms with Gasteiger partial charge in [-0.1, -0.05) is 12.1 Å². The summed E-state index contributed by atoms with van der Waals surface area (Å²) in [5.41, 5.74) is 1.80. The van der Waals surface area contributed by atoms with Gasteiger partial charge in [0.05, 0.1) is 36.6 Å². The van der Waals surface area contributed by atoms with E-state index in [4.69, 9.17) is 5.11 Å². The van der Waals surface area contributed by atoms with E-state index in [0.29, 0.717) is 36.8 Å². The molecule has 0 amide bonds. The summed E-state index contributed by atoms with van der Waals surface area (Å²) < 4.78 is 15.0. The molecule has 0 spiro atoms. The molecule has 0 saturated carbocycles. The van der Waals surface area contributed by atoms with Crippen molar-refractivity contribution < 1.29 is 19.4 Å². The number of hydrogen-bond acceptors (Lipinski definition) is 6. The molecule has 3 N–H and O–H groups in total. The summed E-state index contributed by atoms with van der Waals surface area (Å²) in [6.45, 7) is 2.70. The number of carbonyl (C=O) groups is 1. The molecule has 0 aliphatic heterocycles. The highest BCUT2D eigenvalue weighted by Gasteiger charge is 2.11. The fourth-order valence-corrected chi connectivity index (χ4v) is 2.78. The SMILES string of the molecule is Cc1nnc(CNCc2cc(C(=O)O)cc(CO)n2)n1Cc1ccc(F)cc1. The van der Waals surface area contributed by atoms with Gasteiger partial charge < -0.3 is 20.1 Å². The first kappa shape index (κ1) is 19.6. The minimum Gasteiger partial charge on any atom is -0.478 e. The average molecular weight is 385 g/mol. The number of nitrogens with zero attached hydrogens (tertiary/aromatic N) is 4. The van der Waals surface area contributed by atoms with E-state index in [9.17, 15) is 14.3 Å². The Morgan fingerprint density at radius 2 is 1.86 bits per heavy atom. The molecule has 2 aromatic heterocycles. The van der Waals surface area contributed by atoms with Crippen molar-refractivity contribution in [1.82, 2.24) is 25.1 Å². The van der Waals surface area contributed by atoms with E-state index in [1.165, 1.54) is 24.3 Å². The molecule has 0 radical (unpaired) electrons. The predicted molar refractivity (Wildman–Crippen MR) is 97.9 cm³/mol. The first-order valence-corrected chi connectivity index (χ1v) is 8.64. The van der Waals surface area contributed by atoms with Gasteiger partial charge >= 0.3 is 5.97 Å². The number of nitrogens with one attached hydrogen (secondary N) is 1. The van der Waals surface area contributed by atoms with Crippen molar-refractivity contribution in [2.24, 2.45) is 0 Å². The summed E-state index contributed by atoms with van der Waals surface area (Å²) >= 11 is 0. The maximum atomic E-state index is 13.1. The molecule has 0 atom stereocenters. The van der Waals surface area contributed by atoms with Gasteiger partial charge in [0.25, 0.3) is 0 Å². The number of halogens is 1. The Morgan fingerprint density at radius 3 is 2.54 bits per heavy atom. The number of aliphatic hydroxyl groups is 1. The third-order valence-electron chi connectivity index (χ3n) is 4.20. The van der Waals surface area contributed by atoms with Gasteiger partial charge in [-0.3, -0.25) is 4.98 Å². The lowest BCUT2D eigenvalue weighted by atomic mass is 10.2. The van der Waals surface area contributed by atoms with Crippen LogP contribution in [0.5, 0.6) is 0 Å². The predicted octanol–water partition coefficient (Wildman–Crippen LogP) is 1.65. The van der Waals surface area contributed by atoms with Crippen LogP contribution in [0.15, 0.2) is 36.4 Å². The van der Waals surface area contributed by atoms with Crippen LogP contribution in [0.1, 0.15) is 39.0 Å². The normalized spacial score (nSPS) is 11.0. The van der Waals surface area contributed by atoms with Crippen LogP contribution in [0, 0.1) is 12.7 Å². The number of aromatic nitrogens is 4. The van der Waals surface area contributed by atoms with Gasteiger partial charge in [0, 0.05) is 6.54 Å². The molecular weight excluding hydrogens is 365 g/mol. The molecule has 3 rings (SSSR count). The van der Waals surface area contributed by atoms with Crippen molar-refractivity contribution in [2.75, 3.05) is 0 Å². The lowest BCUT2D eigenvalue weighted by molar-refractivity contribution is 0.0696. The summed E-state index contributed by atoms with van der Waals surface area (Å²) in [7, 11) is 0. The van der Waals surface area contributed by atoms with Crippen LogP contribution in [-0.4, -0.2) is 35.9 Å². The van der Waals surface area contributed by atoms with Gasteiger partial charge in [0.1, 0.15) is 17.5 Å². The number of rotatable bonds is 8. The second-order valence-electron chi connectivity index (χ2n) is 6.28. The molecule has 9 heteroatoms. The van der Waals surface area contributed by atoms with Crippen LogP contribution in [0.2, 0.25) is 0 Å². The quantitative estimate of drug-likeness (QED) is 0.540. The second kappa shape index (κ2) is 8.68. The van der Waals surface area contributed by atoms with Crippen molar-refractivity contribution >= 4 is 5.97 Å². The van der Waals surface area contributed by atoms with E-state index in [-0.39, 0.29) is 18.0 Å². The monoisotopic (exact) mass is 385 g/mol. The fraction of sp³-hybridized carbons (Fsp3) is 0.263. The fourth-order valence-electron chi connectivity index (χ4n) is 2.78. The number of carboxylic acids is 1. The Morgan fingerprint density at radius 1 is 1.14 bits per heavy atom. The molecule has 0 unspecified atom stereocenters. The standard InChI is InChI=1S/C19H20FN5O3/c1-12-23-24-18(25(12)10-13-2-4-15(20)5-3-13)9-21-8-16-6-14(19(27)28)7-17(11-26)22-16/h2-7,21,26H,8-11H2,1H3,(H,27,28). The lowest BCUT2D eigenvalue weighted by Crippen LogP contribution is -2.19. The van der Waals surface area contributed by atoms with Crippen molar-refractivity contribution in [2.45, 2.75) is 33.2 Å². The van der Waals surface area contributed by atoms with Crippen LogP contribution in [-0.2, 0) is 26.2 Å². The summed E-state index contributed by atoms with van der Waals surface area (Å²) in [6, 6.07) is 9.05. The number of benzene rings is 1. The Balaban J connectivity index is 1.68. The number of aliphatic hydroxyl groups excluding tert-OH is 1. The maximum absolute atomic E-state index is 13.1. The minimum absolute atomic E-state index is 0.0752. The molecule has 0 aliphatic carbocycles. The molecule has 0 aliphatic rings. The third kappa shape index (κ3) is 4.76. The minimum atomic E-state index is -1.08. The van der Waals surface area contributed by atoms with Crippen LogP contribution in [0.25, 0.3) is 0 Å². The number of aryl methyl sites for hydroxylation is 1. The maximum Gasteiger partial charge on any atom is 0.335 e. The average Bonchev–Trinajstić information content (AvgIpc) is 3.03. The molecule has 1 aromatic carbocycles. The summed E-state index contributed by atoms with van der Waals surface area (Å²) in [5.74, 6) is 0.0609. The summed E-state index contributed by atoms with van der Waals surface area (Å²) in [5, 5.41) is 29.8. The molecule has 2 heterocycles. The topological polar surface area (TPSA) is 113 Å². The Kier molecular flexibility index (Phi) is 6.07. The zero-order chi connectivity index (χ0) is 20.1. The smallest absolute Gasteiger partial charge is 0.335 e. The van der Waals surface area contributed by atoms with E-state index < -0.39 is 5.97 Å². The van der Waals surface area contributed by atoms with E-state index >= 15 is 0 Å². The van der Waals surface area contributed by atoms with Gasteiger partial charge in [0.2, 0.25) is 0 Å². The summed E-state index contributed by atoms with van der Waals surface area (Å²) in [6.07, 6.45) is 0. The number of carboxylic acid groups (broad SMARTS) is 1. The number of hydrogen-bond donors (Lipinski definition) is 3. The van der Waals surface area contributed by atoms with Gasteiger partial charge in [-0.05, 0) is 36.8 Å². The van der Waals surface area contributed by atoms with Crippen LogP contribution in [0.3, 0.4) is 0 Å². The molecule has 3 aromatic rings. The zero-order valence-corrected chi connectivity index (χ0v) is 15.3. The van der Waals surface area contributed by atoms with Crippen molar-refractivity contribution in [3.63, 3.8) is 0 Å². The van der Waals surface area contributed by atoms with Gasteiger partial charge in [-0.2, -0.15) is 0 Å². The van der Waals surface area contributed by atoms with Crippen LogP contribution < -0.4 is 5.32 Å². The van der Waals surface area contributed by atoms with Crippen LogP contribution >= 0.6 is 0 Å². The molecule has 0 bridgehead atoms. The van der Waals surface area contributed by atoms with E-state index in [0.717, 1.165) is 11.4 Å². The molecule has 0 fully saturated rings. The van der Waals surface area contributed by atoms with Gasteiger partial charge in [-0.25, -0.2) is 9.18 Å². The molecule has 8 nitrogen and oxygen atoms in total. The van der Waals surface area contributed by atoms with E-state index in [2.05, 4.69) is 20.5 Å². The number of pyridine rings is 1. The van der Waals surface area contributed by atoms with Crippen molar-refractivity contribution in [3.05, 3.63) is 76.4 Å². The largest absolute Gasteiger partial charge is 0.478 e. The van der Waals surface area contributed by atoms with Gasteiger partial charge in [0.15, 0.2) is 0 Å². The van der Waals surface area contributed by atoms with Crippen molar-refractivity contribution in [3.8, 4) is 0 Å². The second-order valence-corrected chi connectivity index (χ2v) is 6.28. The summed E-state index contributed by atoms with van der Waals surface area (Å²) in [4.78, 5) is 15.4. The lowest BCUT2D eigenvalue weighted by Gasteiger charge is -2.10. The Bertz CT molecular complexity index is 972. The Labute approximate surface area is 160 Å².